The Balaban J connectivity index is 1.76. The van der Waals surface area contributed by atoms with E-state index >= 15 is 0 Å². The number of thiazole rings is 1. The third-order valence-electron chi connectivity index (χ3n) is 3.95. The first-order chi connectivity index (χ1) is 10.8. The van der Waals surface area contributed by atoms with Crippen LogP contribution in [-0.4, -0.2) is 30.8 Å². The van der Waals surface area contributed by atoms with Gasteiger partial charge in [0.25, 0.3) is 0 Å². The highest BCUT2D eigenvalue weighted by Crippen LogP contribution is 2.31. The van der Waals surface area contributed by atoms with Crippen LogP contribution in [-0.2, 0) is 14.6 Å². The first kappa shape index (κ1) is 16.1. The minimum absolute atomic E-state index is 0.0615. The minimum atomic E-state index is -3.06. The quantitative estimate of drug-likeness (QED) is 0.923. The Morgan fingerprint density at radius 2 is 1.96 bits per heavy atom. The van der Waals surface area contributed by atoms with Gasteiger partial charge in [0.15, 0.2) is 15.0 Å². The minimum Gasteiger partial charge on any atom is -0.302 e. The number of nitrogens with zero attached hydrogens (tertiary/aromatic N) is 1. The van der Waals surface area contributed by atoms with Crippen LogP contribution in [0.2, 0.25) is 0 Å². The lowest BCUT2D eigenvalue weighted by Gasteiger charge is -2.06. The molecule has 5 nitrogen and oxygen atoms in total. The van der Waals surface area contributed by atoms with Crippen LogP contribution in [0.4, 0.5) is 5.13 Å². The molecule has 3 rings (SSSR count). The summed E-state index contributed by atoms with van der Waals surface area (Å²) in [6.07, 6.45) is 0.392. The lowest BCUT2D eigenvalue weighted by Crippen LogP contribution is -2.23. The fourth-order valence-corrected chi connectivity index (χ4v) is 5.22. The fourth-order valence-electron chi connectivity index (χ4n) is 2.64. The maximum Gasteiger partial charge on any atom is 0.230 e. The van der Waals surface area contributed by atoms with Crippen molar-refractivity contribution in [1.82, 2.24) is 4.98 Å². The zero-order chi connectivity index (χ0) is 16.6. The molecule has 0 saturated carbocycles. The first-order valence-corrected chi connectivity index (χ1v) is 10.0. The summed E-state index contributed by atoms with van der Waals surface area (Å²) < 4.78 is 23.0. The number of sulfone groups is 1. The molecule has 0 radical (unpaired) electrons. The van der Waals surface area contributed by atoms with Crippen LogP contribution in [0.1, 0.15) is 16.9 Å². The van der Waals surface area contributed by atoms with E-state index in [2.05, 4.69) is 10.3 Å². The van der Waals surface area contributed by atoms with E-state index in [1.807, 2.05) is 38.1 Å². The van der Waals surface area contributed by atoms with Gasteiger partial charge in [-0.05, 0) is 20.3 Å². The topological polar surface area (TPSA) is 76.1 Å². The molecule has 1 aromatic heterocycles. The van der Waals surface area contributed by atoms with Gasteiger partial charge in [-0.2, -0.15) is 0 Å². The lowest BCUT2D eigenvalue weighted by atomic mass is 10.1. The molecule has 0 spiro atoms. The number of amides is 1. The van der Waals surface area contributed by atoms with Crippen molar-refractivity contribution in [1.29, 1.82) is 0 Å². The number of nitrogens with one attached hydrogen (secondary N) is 1. The van der Waals surface area contributed by atoms with Crippen LogP contribution in [0.3, 0.4) is 0 Å². The summed E-state index contributed by atoms with van der Waals surface area (Å²) in [6, 6.07) is 8.06. The van der Waals surface area contributed by atoms with Gasteiger partial charge in [0.2, 0.25) is 5.91 Å². The van der Waals surface area contributed by atoms with Crippen molar-refractivity contribution >= 4 is 32.2 Å². The average molecular weight is 350 g/mol. The Kier molecular flexibility index (Phi) is 4.25. The van der Waals surface area contributed by atoms with Gasteiger partial charge in [-0.3, -0.25) is 4.79 Å². The van der Waals surface area contributed by atoms with Crippen molar-refractivity contribution < 1.29 is 13.2 Å². The van der Waals surface area contributed by atoms with E-state index in [9.17, 15) is 13.2 Å². The average Bonchev–Trinajstić information content (AvgIpc) is 3.02. The van der Waals surface area contributed by atoms with Crippen LogP contribution < -0.4 is 5.32 Å². The van der Waals surface area contributed by atoms with Crippen LogP contribution in [0.25, 0.3) is 11.3 Å². The molecule has 1 atom stereocenters. The maximum atomic E-state index is 12.2. The van der Waals surface area contributed by atoms with Crippen molar-refractivity contribution in [3.8, 4) is 11.3 Å². The second kappa shape index (κ2) is 6.05. The molecule has 0 bridgehead atoms. The molecule has 122 valence electrons. The summed E-state index contributed by atoms with van der Waals surface area (Å²) in [5.41, 5.74) is 3.04. The van der Waals surface area contributed by atoms with Gasteiger partial charge in [-0.1, -0.05) is 29.8 Å². The molecule has 1 fully saturated rings. The van der Waals surface area contributed by atoms with Gasteiger partial charge in [-0.15, -0.1) is 11.3 Å². The third-order valence-corrected chi connectivity index (χ3v) is 6.61. The van der Waals surface area contributed by atoms with Gasteiger partial charge in [0.05, 0.1) is 23.1 Å². The van der Waals surface area contributed by atoms with Gasteiger partial charge < -0.3 is 5.32 Å². The van der Waals surface area contributed by atoms with Crippen molar-refractivity contribution in [3.63, 3.8) is 0 Å². The normalized spacial score (nSPS) is 19.7. The van der Waals surface area contributed by atoms with Gasteiger partial charge in [0, 0.05) is 10.4 Å². The molecular weight excluding hydrogens is 332 g/mol. The smallest absolute Gasteiger partial charge is 0.230 e. The number of aryl methyl sites for hydroxylation is 2. The van der Waals surface area contributed by atoms with E-state index in [0.29, 0.717) is 11.6 Å². The predicted octanol–water partition coefficient (Wildman–Crippen LogP) is 2.80. The maximum absolute atomic E-state index is 12.2. The molecule has 1 saturated heterocycles. The second-order valence-corrected chi connectivity index (χ2v) is 9.31. The molecule has 1 aliphatic heterocycles. The molecular formula is C16H18N2O3S2. The van der Waals surface area contributed by atoms with E-state index in [-0.39, 0.29) is 17.4 Å². The number of carbonyl (C=O) groups is 1. The van der Waals surface area contributed by atoms with Crippen LogP contribution >= 0.6 is 11.3 Å². The molecule has 1 N–H and O–H groups in total. The Bertz CT molecular complexity index is 839. The molecule has 1 aromatic carbocycles. The summed E-state index contributed by atoms with van der Waals surface area (Å²) in [5, 5.41) is 3.29. The number of hydrogen-bond donors (Lipinski definition) is 1. The van der Waals surface area contributed by atoms with E-state index in [0.717, 1.165) is 16.1 Å². The Morgan fingerprint density at radius 1 is 1.26 bits per heavy atom. The standard InChI is InChI=1S/C16H18N2O3S2/c1-10-3-5-12(6-4-10)14-11(2)22-16(17-14)18-15(19)13-7-8-23(20,21)9-13/h3-6,13H,7-9H2,1-2H3,(H,17,18,19). The first-order valence-electron chi connectivity index (χ1n) is 7.40. The lowest BCUT2D eigenvalue weighted by molar-refractivity contribution is -0.119. The number of benzene rings is 1. The largest absolute Gasteiger partial charge is 0.302 e. The molecule has 2 aromatic rings. The molecule has 23 heavy (non-hydrogen) atoms. The van der Waals surface area contributed by atoms with Gasteiger partial charge in [-0.25, -0.2) is 13.4 Å². The predicted molar refractivity (Wildman–Crippen MR) is 92.4 cm³/mol. The fraction of sp³-hybridized carbons (Fsp3) is 0.375. The summed E-state index contributed by atoms with van der Waals surface area (Å²) in [5.74, 6) is -0.688. The summed E-state index contributed by atoms with van der Waals surface area (Å²) >= 11 is 1.41. The second-order valence-electron chi connectivity index (χ2n) is 5.88. The third kappa shape index (κ3) is 3.61. The van der Waals surface area contributed by atoms with E-state index < -0.39 is 15.8 Å². The Labute approximate surface area is 139 Å². The van der Waals surface area contributed by atoms with Crippen molar-refractivity contribution in [3.05, 3.63) is 34.7 Å². The highest BCUT2D eigenvalue weighted by molar-refractivity contribution is 7.91. The summed E-state index contributed by atoms with van der Waals surface area (Å²) in [4.78, 5) is 17.7. The molecule has 2 heterocycles. The van der Waals surface area contributed by atoms with E-state index in [1.54, 1.807) is 0 Å². The van der Waals surface area contributed by atoms with Crippen LogP contribution in [0, 0.1) is 19.8 Å². The summed E-state index contributed by atoms with van der Waals surface area (Å²) in [7, 11) is -3.06. The number of hydrogen-bond acceptors (Lipinski definition) is 5. The van der Waals surface area contributed by atoms with Gasteiger partial charge >= 0.3 is 0 Å². The highest BCUT2D eigenvalue weighted by Gasteiger charge is 2.33. The Morgan fingerprint density at radius 3 is 2.57 bits per heavy atom. The van der Waals surface area contributed by atoms with Gasteiger partial charge in [0.1, 0.15) is 0 Å². The zero-order valence-corrected chi connectivity index (χ0v) is 14.6. The summed E-state index contributed by atoms with van der Waals surface area (Å²) in [6.45, 7) is 3.99. The number of anilines is 1. The molecule has 1 unspecified atom stereocenters. The van der Waals surface area contributed by atoms with Crippen molar-refractivity contribution in [2.24, 2.45) is 5.92 Å². The number of rotatable bonds is 3. The SMILES string of the molecule is Cc1ccc(-c2nc(NC(=O)C3CCS(=O)(=O)C3)sc2C)cc1. The van der Waals surface area contributed by atoms with E-state index in [1.165, 1.54) is 16.9 Å². The van der Waals surface area contributed by atoms with Crippen LogP contribution in [0.15, 0.2) is 24.3 Å². The molecule has 7 heteroatoms. The molecule has 0 aliphatic carbocycles. The monoisotopic (exact) mass is 350 g/mol. The molecule has 1 aliphatic rings. The number of carbonyl (C=O) groups excluding carboxylic acids is 1. The number of aromatic nitrogens is 1. The van der Waals surface area contributed by atoms with Crippen molar-refractivity contribution in [2.45, 2.75) is 20.3 Å². The molecule has 1 amide bonds. The van der Waals surface area contributed by atoms with Crippen LogP contribution in [0.5, 0.6) is 0 Å². The van der Waals surface area contributed by atoms with E-state index in [4.69, 9.17) is 0 Å². The highest BCUT2D eigenvalue weighted by atomic mass is 32.2. The zero-order valence-electron chi connectivity index (χ0n) is 13.0. The Hall–Kier alpha value is -1.73. The van der Waals surface area contributed by atoms with Crippen molar-refractivity contribution in [2.75, 3.05) is 16.8 Å².